The third-order valence-corrected chi connectivity index (χ3v) is 3.38. The Morgan fingerprint density at radius 2 is 1.92 bits per heavy atom. The van der Waals surface area contributed by atoms with Crippen molar-refractivity contribution in [1.82, 2.24) is 9.55 Å². The number of benzene rings is 1. The Morgan fingerprint density at radius 3 is 2.50 bits per heavy atom. The molecule has 0 N–H and O–H groups in total. The van der Waals surface area contributed by atoms with Crippen LogP contribution >= 0.6 is 11.6 Å². The standard InChI is InChI=1S/C15H11ClF3N3O4/c16-10-3-1-9(2-4-10)11-7-13(24)22(8-12(23)21-25)14(20-11)26-6-5-15(17,18)19/h1-4,7H,5-6,8H2. The summed E-state index contributed by atoms with van der Waals surface area (Å²) in [5, 5.41) is 2.59. The molecule has 7 nitrogen and oxygen atoms in total. The van der Waals surface area contributed by atoms with E-state index in [4.69, 9.17) is 16.3 Å². The number of hydrogen-bond donors (Lipinski definition) is 0. The predicted octanol–water partition coefficient (Wildman–Crippen LogP) is 3.19. The zero-order valence-electron chi connectivity index (χ0n) is 13.0. The Labute approximate surface area is 149 Å². The number of carbonyl (C=O) groups excluding carboxylic acids is 1. The summed E-state index contributed by atoms with van der Waals surface area (Å²) in [6.07, 6.45) is -5.76. The van der Waals surface area contributed by atoms with Crippen LogP contribution in [0.15, 0.2) is 40.3 Å². The summed E-state index contributed by atoms with van der Waals surface area (Å²) in [5.41, 5.74) is -0.223. The molecule has 0 aliphatic heterocycles. The molecule has 1 aromatic heterocycles. The molecule has 0 spiro atoms. The fraction of sp³-hybridized carbons (Fsp3) is 0.267. The molecule has 0 saturated carbocycles. The lowest BCUT2D eigenvalue weighted by molar-refractivity contribution is -0.140. The van der Waals surface area contributed by atoms with Gasteiger partial charge in [0.25, 0.3) is 11.6 Å². The summed E-state index contributed by atoms with van der Waals surface area (Å²) in [7, 11) is 0. The van der Waals surface area contributed by atoms with Crippen LogP contribution in [0.1, 0.15) is 6.42 Å². The number of nitroso groups, excluding NO2 is 1. The summed E-state index contributed by atoms with van der Waals surface area (Å²) >= 11 is 5.78. The van der Waals surface area contributed by atoms with Gasteiger partial charge < -0.3 is 4.74 Å². The molecule has 0 unspecified atom stereocenters. The van der Waals surface area contributed by atoms with Gasteiger partial charge in [-0.1, -0.05) is 23.7 Å². The van der Waals surface area contributed by atoms with Gasteiger partial charge in [0.05, 0.1) is 12.1 Å². The second-order valence-electron chi connectivity index (χ2n) is 5.05. The van der Waals surface area contributed by atoms with Gasteiger partial charge in [-0.25, -0.2) is 0 Å². The van der Waals surface area contributed by atoms with E-state index in [-0.39, 0.29) is 5.69 Å². The van der Waals surface area contributed by atoms with Gasteiger partial charge in [0, 0.05) is 21.8 Å². The second kappa shape index (κ2) is 8.09. The molecule has 0 fully saturated rings. The highest BCUT2D eigenvalue weighted by molar-refractivity contribution is 6.30. The summed E-state index contributed by atoms with van der Waals surface area (Å²) in [6.45, 7) is -1.61. The molecular formula is C15H11ClF3N3O4. The average molecular weight is 390 g/mol. The quantitative estimate of drug-likeness (QED) is 0.708. The molecule has 0 radical (unpaired) electrons. The molecule has 26 heavy (non-hydrogen) atoms. The Bertz CT molecular complexity index is 866. The van der Waals surface area contributed by atoms with Gasteiger partial charge in [0.1, 0.15) is 13.2 Å². The van der Waals surface area contributed by atoms with Gasteiger partial charge in [0.2, 0.25) is 0 Å². The van der Waals surface area contributed by atoms with E-state index in [1.165, 1.54) is 12.1 Å². The van der Waals surface area contributed by atoms with Gasteiger partial charge in [0.15, 0.2) is 0 Å². The highest BCUT2D eigenvalue weighted by Crippen LogP contribution is 2.22. The number of nitrogens with zero attached hydrogens (tertiary/aromatic N) is 3. The number of ether oxygens (including phenoxy) is 1. The number of amides is 1. The molecule has 1 heterocycles. The van der Waals surface area contributed by atoms with Crippen LogP contribution in [0.5, 0.6) is 6.01 Å². The summed E-state index contributed by atoms with van der Waals surface area (Å²) in [6, 6.07) is 6.70. The molecule has 0 aliphatic carbocycles. The van der Waals surface area contributed by atoms with Crippen LogP contribution in [-0.4, -0.2) is 28.2 Å². The second-order valence-corrected chi connectivity index (χ2v) is 5.49. The first-order chi connectivity index (χ1) is 12.2. The number of aromatic nitrogens is 2. The Balaban J connectivity index is 2.41. The first kappa shape index (κ1) is 19.6. The molecular weight excluding hydrogens is 379 g/mol. The van der Waals surface area contributed by atoms with Gasteiger partial charge in [-0.15, -0.1) is 4.91 Å². The number of alkyl halides is 3. The molecule has 0 bridgehead atoms. The smallest absolute Gasteiger partial charge is 0.392 e. The maximum absolute atomic E-state index is 12.3. The predicted molar refractivity (Wildman–Crippen MR) is 85.9 cm³/mol. The van der Waals surface area contributed by atoms with E-state index in [0.717, 1.165) is 6.07 Å². The molecule has 1 aromatic carbocycles. The maximum Gasteiger partial charge on any atom is 0.392 e. The maximum atomic E-state index is 12.3. The third kappa shape index (κ3) is 5.38. The van der Waals surface area contributed by atoms with Gasteiger partial charge in [-0.05, 0) is 12.1 Å². The van der Waals surface area contributed by atoms with Crippen molar-refractivity contribution in [1.29, 1.82) is 0 Å². The molecule has 0 saturated heterocycles. The largest absolute Gasteiger partial charge is 0.464 e. The normalized spacial score (nSPS) is 11.2. The van der Waals surface area contributed by atoms with E-state index in [9.17, 15) is 27.7 Å². The Kier molecular flexibility index (Phi) is 6.09. The minimum Gasteiger partial charge on any atom is -0.464 e. The SMILES string of the molecule is O=NC(=O)Cn1c(OCCC(F)(F)F)nc(-c2ccc(Cl)cc2)cc1=O. The van der Waals surface area contributed by atoms with Crippen molar-refractivity contribution in [2.75, 3.05) is 6.61 Å². The van der Waals surface area contributed by atoms with E-state index >= 15 is 0 Å². The number of hydrogen-bond acceptors (Lipinski definition) is 5. The average Bonchev–Trinajstić information content (AvgIpc) is 2.56. The van der Waals surface area contributed by atoms with Gasteiger partial charge in [-0.2, -0.15) is 18.2 Å². The van der Waals surface area contributed by atoms with E-state index in [0.29, 0.717) is 15.2 Å². The third-order valence-electron chi connectivity index (χ3n) is 3.13. The van der Waals surface area contributed by atoms with Crippen molar-refractivity contribution >= 4 is 17.5 Å². The minimum atomic E-state index is -4.47. The van der Waals surface area contributed by atoms with Crippen molar-refractivity contribution in [2.45, 2.75) is 19.1 Å². The summed E-state index contributed by atoms with van der Waals surface area (Å²) in [4.78, 5) is 37.6. The van der Waals surface area contributed by atoms with E-state index in [1.807, 2.05) is 0 Å². The topological polar surface area (TPSA) is 90.6 Å². The summed E-state index contributed by atoms with van der Waals surface area (Å²) < 4.78 is 42.5. The van der Waals surface area contributed by atoms with Crippen molar-refractivity contribution in [2.24, 2.45) is 5.18 Å². The molecule has 1 amide bonds. The molecule has 2 rings (SSSR count). The lowest BCUT2D eigenvalue weighted by atomic mass is 10.1. The Morgan fingerprint density at radius 1 is 1.27 bits per heavy atom. The van der Waals surface area contributed by atoms with E-state index in [1.54, 1.807) is 12.1 Å². The lowest BCUT2D eigenvalue weighted by Gasteiger charge is -2.13. The Hall–Kier alpha value is -2.75. The van der Waals surface area contributed by atoms with Crippen LogP contribution in [0.25, 0.3) is 11.3 Å². The lowest BCUT2D eigenvalue weighted by Crippen LogP contribution is -2.27. The van der Waals surface area contributed by atoms with Crippen molar-refractivity contribution in [3.63, 3.8) is 0 Å². The fourth-order valence-corrected chi connectivity index (χ4v) is 2.06. The fourth-order valence-electron chi connectivity index (χ4n) is 1.93. The van der Waals surface area contributed by atoms with Crippen LogP contribution in [0.4, 0.5) is 13.2 Å². The van der Waals surface area contributed by atoms with Crippen LogP contribution in [-0.2, 0) is 11.3 Å². The van der Waals surface area contributed by atoms with Gasteiger partial charge in [-0.3, -0.25) is 14.2 Å². The first-order valence-electron chi connectivity index (χ1n) is 7.13. The van der Waals surface area contributed by atoms with E-state index < -0.39 is 43.2 Å². The highest BCUT2D eigenvalue weighted by Gasteiger charge is 2.27. The molecule has 138 valence electrons. The molecule has 2 aromatic rings. The van der Waals surface area contributed by atoms with E-state index in [2.05, 4.69) is 10.2 Å². The minimum absolute atomic E-state index is 0.108. The number of rotatable bonds is 6. The van der Waals surface area contributed by atoms with Crippen molar-refractivity contribution in [3.05, 3.63) is 50.6 Å². The first-order valence-corrected chi connectivity index (χ1v) is 7.51. The van der Waals surface area contributed by atoms with Crippen LogP contribution in [0, 0.1) is 4.91 Å². The van der Waals surface area contributed by atoms with Crippen molar-refractivity contribution in [3.8, 4) is 17.3 Å². The molecule has 11 heteroatoms. The van der Waals surface area contributed by atoms with Gasteiger partial charge >= 0.3 is 12.1 Å². The zero-order valence-corrected chi connectivity index (χ0v) is 13.8. The van der Waals surface area contributed by atoms with Crippen LogP contribution in [0.2, 0.25) is 5.02 Å². The van der Waals surface area contributed by atoms with Crippen LogP contribution in [0.3, 0.4) is 0 Å². The number of halogens is 4. The highest BCUT2D eigenvalue weighted by atomic mass is 35.5. The molecule has 0 atom stereocenters. The monoisotopic (exact) mass is 389 g/mol. The zero-order chi connectivity index (χ0) is 19.3. The van der Waals surface area contributed by atoms with Crippen LogP contribution < -0.4 is 10.3 Å². The summed E-state index contributed by atoms with van der Waals surface area (Å²) in [5.74, 6) is -1.20. The molecule has 0 aliphatic rings. The van der Waals surface area contributed by atoms with Crippen molar-refractivity contribution < 1.29 is 22.7 Å². The number of carbonyl (C=O) groups is 1.